The normalized spacial score (nSPS) is 33.9. The number of para-hydroxylation sites is 1. The minimum atomic E-state index is -1.22. The Morgan fingerprint density at radius 2 is 1.58 bits per heavy atom. The van der Waals surface area contributed by atoms with E-state index in [0.29, 0.717) is 5.69 Å². The van der Waals surface area contributed by atoms with Gasteiger partial charge < -0.3 is 19.3 Å². The fourth-order valence-corrected chi connectivity index (χ4v) is 4.83. The van der Waals surface area contributed by atoms with Gasteiger partial charge in [0.25, 0.3) is 0 Å². The van der Waals surface area contributed by atoms with Crippen LogP contribution in [-0.4, -0.2) is 59.4 Å². The second-order valence-corrected chi connectivity index (χ2v) is 8.45. The van der Waals surface area contributed by atoms with Gasteiger partial charge in [0.05, 0.1) is 30.4 Å². The van der Waals surface area contributed by atoms with Crippen LogP contribution in [0.3, 0.4) is 0 Å². The molecule has 1 N–H and O–H groups in total. The first-order valence-corrected chi connectivity index (χ1v) is 10.6. The Kier molecular flexibility index (Phi) is 5.02. The van der Waals surface area contributed by atoms with Crippen molar-refractivity contribution in [3.63, 3.8) is 0 Å². The summed E-state index contributed by atoms with van der Waals surface area (Å²) in [6.45, 7) is 0. The molecule has 1 aromatic rings. The molecule has 1 saturated carbocycles. The number of esters is 2. The Labute approximate surface area is 178 Å². The minimum absolute atomic E-state index is 0.0558. The fraction of sp³-hybridized carbons (Fsp3) is 0.545. The molecule has 2 bridgehead atoms. The number of nitrogens with zero attached hydrogens (tertiary/aromatic N) is 1. The molecular weight excluding hydrogens is 406 g/mol. The molecule has 9 nitrogen and oxygen atoms in total. The summed E-state index contributed by atoms with van der Waals surface area (Å²) in [5.41, 5.74) is 0.458. The van der Waals surface area contributed by atoms with Gasteiger partial charge in [-0.05, 0) is 31.4 Å². The van der Waals surface area contributed by atoms with Gasteiger partial charge in [-0.15, -0.1) is 0 Å². The molecule has 4 aliphatic rings. The Bertz CT molecular complexity index is 913. The van der Waals surface area contributed by atoms with E-state index in [9.17, 15) is 24.3 Å². The Balaban J connectivity index is 1.23. The summed E-state index contributed by atoms with van der Waals surface area (Å²) in [5, 5.41) is 10.6. The third kappa shape index (κ3) is 3.32. The number of ether oxygens (including phenoxy) is 3. The zero-order valence-corrected chi connectivity index (χ0v) is 16.7. The predicted octanol–water partition coefficient (Wildman–Crippen LogP) is 0.722. The van der Waals surface area contributed by atoms with Crippen molar-refractivity contribution in [2.45, 2.75) is 62.6 Å². The topological polar surface area (TPSA) is 119 Å². The lowest BCUT2D eigenvalue weighted by molar-refractivity contribution is -0.163. The molecule has 0 aromatic heterocycles. The minimum Gasteiger partial charge on any atom is -0.462 e. The van der Waals surface area contributed by atoms with Crippen molar-refractivity contribution in [2.24, 2.45) is 11.8 Å². The van der Waals surface area contributed by atoms with E-state index < -0.39 is 60.0 Å². The Hall–Kier alpha value is -2.78. The number of benzene rings is 1. The standard InChI is InChI=1S/C22H23NO8/c24-13(29-12-7-4-8-12)9-10-14(25)30-20-17(26)18-15-16(19(20)31-18)22(28)23(21(15)27)11-5-2-1-3-6-11/h1-3,5-6,12,15-20,26H,4,7-10H2. The number of aliphatic hydroxyl groups excluding tert-OH is 1. The molecular formula is C22H23NO8. The first-order valence-electron chi connectivity index (χ1n) is 10.6. The number of rotatable bonds is 6. The van der Waals surface area contributed by atoms with Crippen LogP contribution in [0.15, 0.2) is 30.3 Å². The highest BCUT2D eigenvalue weighted by Crippen LogP contribution is 2.50. The molecule has 4 fully saturated rings. The number of hydrogen-bond donors (Lipinski definition) is 1. The summed E-state index contributed by atoms with van der Waals surface area (Å²) >= 11 is 0. The van der Waals surface area contributed by atoms with Crippen LogP contribution in [0.25, 0.3) is 0 Å². The molecule has 0 spiro atoms. The van der Waals surface area contributed by atoms with E-state index in [1.807, 2.05) is 0 Å². The number of fused-ring (bicyclic) bond motifs is 5. The molecule has 5 rings (SSSR count). The molecule has 3 heterocycles. The molecule has 1 aliphatic carbocycles. The number of imide groups is 1. The summed E-state index contributed by atoms with van der Waals surface area (Å²) in [5.74, 6) is -3.61. The van der Waals surface area contributed by atoms with Crippen molar-refractivity contribution < 1.29 is 38.5 Å². The van der Waals surface area contributed by atoms with Crippen LogP contribution in [0.2, 0.25) is 0 Å². The first kappa shape index (κ1) is 20.1. The van der Waals surface area contributed by atoms with Crippen molar-refractivity contribution in [1.82, 2.24) is 0 Å². The van der Waals surface area contributed by atoms with E-state index in [2.05, 4.69) is 0 Å². The van der Waals surface area contributed by atoms with E-state index in [1.165, 1.54) is 0 Å². The third-order valence-electron chi connectivity index (χ3n) is 6.58. The summed E-state index contributed by atoms with van der Waals surface area (Å²) in [4.78, 5) is 51.1. The lowest BCUT2D eigenvalue weighted by Gasteiger charge is -2.29. The van der Waals surface area contributed by atoms with Crippen molar-refractivity contribution >= 4 is 29.4 Å². The van der Waals surface area contributed by atoms with E-state index in [1.54, 1.807) is 30.3 Å². The SMILES string of the molecule is O=C(CCC(=O)OC1C(O)C2OC1C1C(=O)N(c3ccccc3)C(=O)C21)OC1CCC1. The van der Waals surface area contributed by atoms with Gasteiger partial charge in [-0.1, -0.05) is 18.2 Å². The van der Waals surface area contributed by atoms with Gasteiger partial charge in [-0.3, -0.25) is 19.2 Å². The van der Waals surface area contributed by atoms with Crippen molar-refractivity contribution in [2.75, 3.05) is 4.90 Å². The summed E-state index contributed by atoms with van der Waals surface area (Å²) in [7, 11) is 0. The quantitative estimate of drug-likeness (QED) is 0.519. The molecule has 6 atom stereocenters. The monoisotopic (exact) mass is 429 g/mol. The maximum atomic E-state index is 13.0. The van der Waals surface area contributed by atoms with Gasteiger partial charge >= 0.3 is 11.9 Å². The first-order chi connectivity index (χ1) is 15.0. The number of anilines is 1. The molecule has 3 aliphatic heterocycles. The van der Waals surface area contributed by atoms with E-state index in [0.717, 1.165) is 24.2 Å². The summed E-state index contributed by atoms with van der Waals surface area (Å²) < 4.78 is 16.3. The largest absolute Gasteiger partial charge is 0.462 e. The van der Waals surface area contributed by atoms with Crippen molar-refractivity contribution in [1.29, 1.82) is 0 Å². The Morgan fingerprint density at radius 3 is 2.19 bits per heavy atom. The van der Waals surface area contributed by atoms with Crippen LogP contribution in [0.5, 0.6) is 0 Å². The zero-order chi connectivity index (χ0) is 21.7. The van der Waals surface area contributed by atoms with Gasteiger partial charge in [0, 0.05) is 0 Å². The summed E-state index contributed by atoms with van der Waals surface area (Å²) in [6.07, 6.45) is -1.73. The van der Waals surface area contributed by atoms with Crippen LogP contribution in [0.4, 0.5) is 5.69 Å². The lowest BCUT2D eigenvalue weighted by Crippen LogP contribution is -2.49. The second kappa shape index (κ2) is 7.72. The van der Waals surface area contributed by atoms with Gasteiger partial charge in [0.1, 0.15) is 24.4 Å². The number of carbonyl (C=O) groups is 4. The fourth-order valence-electron chi connectivity index (χ4n) is 4.83. The molecule has 2 amide bonds. The highest BCUT2D eigenvalue weighted by molar-refractivity contribution is 6.22. The number of hydrogen-bond acceptors (Lipinski definition) is 8. The molecule has 0 radical (unpaired) electrons. The van der Waals surface area contributed by atoms with Crippen molar-refractivity contribution in [3.8, 4) is 0 Å². The van der Waals surface area contributed by atoms with Gasteiger partial charge in [-0.25, -0.2) is 4.90 Å². The van der Waals surface area contributed by atoms with Crippen LogP contribution in [0, 0.1) is 11.8 Å². The molecule has 3 saturated heterocycles. The van der Waals surface area contributed by atoms with Gasteiger partial charge in [-0.2, -0.15) is 0 Å². The number of amides is 2. The van der Waals surface area contributed by atoms with Gasteiger partial charge in [0.2, 0.25) is 11.8 Å². The maximum Gasteiger partial charge on any atom is 0.306 e. The number of aliphatic hydroxyl groups is 1. The van der Waals surface area contributed by atoms with Crippen LogP contribution < -0.4 is 4.90 Å². The van der Waals surface area contributed by atoms with E-state index in [4.69, 9.17) is 14.2 Å². The average molecular weight is 429 g/mol. The second-order valence-electron chi connectivity index (χ2n) is 8.45. The van der Waals surface area contributed by atoms with Crippen molar-refractivity contribution in [3.05, 3.63) is 30.3 Å². The van der Waals surface area contributed by atoms with Crippen LogP contribution in [-0.2, 0) is 33.4 Å². The third-order valence-corrected chi connectivity index (χ3v) is 6.58. The molecule has 1 aromatic carbocycles. The smallest absolute Gasteiger partial charge is 0.306 e. The molecule has 9 heteroatoms. The Morgan fingerprint density at radius 1 is 0.968 bits per heavy atom. The molecule has 31 heavy (non-hydrogen) atoms. The number of carbonyl (C=O) groups excluding carboxylic acids is 4. The average Bonchev–Trinajstić information content (AvgIpc) is 3.34. The van der Waals surface area contributed by atoms with E-state index in [-0.39, 0.29) is 18.9 Å². The molecule has 164 valence electrons. The molecule has 6 unspecified atom stereocenters. The van der Waals surface area contributed by atoms with Crippen LogP contribution >= 0.6 is 0 Å². The van der Waals surface area contributed by atoms with Gasteiger partial charge in [0.15, 0.2) is 6.10 Å². The summed E-state index contributed by atoms with van der Waals surface area (Å²) in [6, 6.07) is 8.56. The maximum absolute atomic E-state index is 13.0. The predicted molar refractivity (Wildman–Crippen MR) is 103 cm³/mol. The van der Waals surface area contributed by atoms with E-state index >= 15 is 0 Å². The highest BCUT2D eigenvalue weighted by Gasteiger charge is 2.70. The highest BCUT2D eigenvalue weighted by atomic mass is 16.6. The lowest BCUT2D eigenvalue weighted by atomic mass is 9.78. The zero-order valence-electron chi connectivity index (χ0n) is 16.7. The van der Waals surface area contributed by atoms with Crippen LogP contribution in [0.1, 0.15) is 32.1 Å².